The van der Waals surface area contributed by atoms with E-state index in [2.05, 4.69) is 120 Å². The summed E-state index contributed by atoms with van der Waals surface area (Å²) in [5.41, 5.74) is 6.80. The van der Waals surface area contributed by atoms with Crippen LogP contribution in [0.5, 0.6) is 0 Å². The van der Waals surface area contributed by atoms with Gasteiger partial charge in [-0.15, -0.1) is 22.7 Å². The average molecular weight is 963 g/mol. The largest absolute Gasteiger partial charge is 0.342 e. The normalized spacial score (nSPS) is 20.1. The number of imidazole rings is 1. The third kappa shape index (κ3) is 8.48. The van der Waals surface area contributed by atoms with Gasteiger partial charge in [-0.05, 0) is 106 Å². The quantitative estimate of drug-likeness (QED) is 0.105. The van der Waals surface area contributed by atoms with Gasteiger partial charge in [0.2, 0.25) is 0 Å². The fourth-order valence-corrected chi connectivity index (χ4v) is 14.2. The number of nitrogens with zero attached hydrogens (tertiary/aromatic N) is 5. The van der Waals surface area contributed by atoms with Gasteiger partial charge in [0.05, 0.1) is 36.5 Å². The second kappa shape index (κ2) is 19.1. The maximum absolute atomic E-state index is 14.3. The molecule has 0 amide bonds. The highest BCUT2D eigenvalue weighted by atomic mass is 32.1. The summed E-state index contributed by atoms with van der Waals surface area (Å²) >= 11 is 3.38. The Kier molecular flexibility index (Phi) is 12.3. The Balaban J connectivity index is 0.692. The molecule has 5 unspecified atom stereocenters. The molecule has 0 saturated carbocycles. The number of allylic oxidation sites excluding steroid dienone is 3. The number of fused-ring (bicyclic) bond motifs is 8. The number of rotatable bonds is 13. The van der Waals surface area contributed by atoms with Crippen molar-refractivity contribution in [3.05, 3.63) is 180 Å². The molecule has 0 bridgehead atoms. The highest BCUT2D eigenvalue weighted by molar-refractivity contribution is 7.19. The van der Waals surface area contributed by atoms with Crippen LogP contribution in [-0.2, 0) is 45.2 Å². The van der Waals surface area contributed by atoms with Gasteiger partial charge in [-0.3, -0.25) is 18.7 Å². The van der Waals surface area contributed by atoms with E-state index >= 15 is 0 Å². The highest BCUT2D eigenvalue weighted by Gasteiger charge is 2.29. The number of nitrogens with one attached hydrogen (secondary N) is 3. The summed E-state index contributed by atoms with van der Waals surface area (Å²) in [4.78, 5) is 50.7. The Morgan fingerprint density at radius 2 is 1.30 bits per heavy atom. The Labute approximate surface area is 415 Å². The van der Waals surface area contributed by atoms with Crippen LogP contribution in [0.4, 0.5) is 0 Å². The maximum Gasteiger partial charge on any atom is 0.262 e. The van der Waals surface area contributed by atoms with Crippen LogP contribution in [0.15, 0.2) is 132 Å². The monoisotopic (exact) mass is 962 g/mol. The van der Waals surface area contributed by atoms with Gasteiger partial charge in [0.15, 0.2) is 0 Å². The molecule has 3 aliphatic carbocycles. The Morgan fingerprint density at radius 1 is 0.686 bits per heavy atom. The number of hydrogen-bond acceptors (Lipinski definition) is 9. The van der Waals surface area contributed by atoms with Gasteiger partial charge in [-0.2, -0.15) is 0 Å². The molecule has 3 N–H and O–H groups in total. The lowest BCUT2D eigenvalue weighted by atomic mass is 9.82. The fraction of sp³-hybridized carbons (Fsp3) is 0.328. The zero-order chi connectivity index (χ0) is 47.3. The van der Waals surface area contributed by atoms with Crippen LogP contribution in [0, 0.1) is 17.8 Å². The van der Waals surface area contributed by atoms with Gasteiger partial charge in [-0.1, -0.05) is 117 Å². The van der Waals surface area contributed by atoms with Crippen molar-refractivity contribution in [2.75, 3.05) is 13.1 Å². The molecule has 70 heavy (non-hydrogen) atoms. The minimum absolute atomic E-state index is 0.0502. The number of aromatic nitrogens is 6. The Bertz CT molecular complexity index is 3610. The molecule has 4 aromatic carbocycles. The molecule has 0 radical (unpaired) electrons. The van der Waals surface area contributed by atoms with E-state index in [1.54, 1.807) is 44.5 Å². The molecule has 12 heteroatoms. The summed E-state index contributed by atoms with van der Waals surface area (Å²) in [6.45, 7) is 7.42. The van der Waals surface area contributed by atoms with E-state index in [9.17, 15) is 9.59 Å². The number of benzene rings is 4. The third-order valence-corrected chi connectivity index (χ3v) is 18.0. The second-order valence-corrected chi connectivity index (χ2v) is 22.0. The van der Waals surface area contributed by atoms with Crippen LogP contribution in [0.2, 0.25) is 0 Å². The summed E-state index contributed by atoms with van der Waals surface area (Å²) in [6, 6.07) is 28.0. The zero-order valence-corrected chi connectivity index (χ0v) is 41.4. The lowest BCUT2D eigenvalue weighted by molar-refractivity contribution is 0.302. The Hall–Kier alpha value is -6.31. The molecule has 5 heterocycles. The predicted molar refractivity (Wildman–Crippen MR) is 287 cm³/mol. The Morgan fingerprint density at radius 3 is 2.00 bits per heavy atom. The molecule has 5 atom stereocenters. The van der Waals surface area contributed by atoms with E-state index in [1.807, 2.05) is 18.3 Å². The van der Waals surface area contributed by atoms with Gasteiger partial charge in [0.1, 0.15) is 15.5 Å². The van der Waals surface area contributed by atoms with E-state index in [0.717, 1.165) is 117 Å². The molecule has 0 aliphatic heterocycles. The molecule has 9 aromatic rings. The number of aromatic amines is 1. The molecule has 0 saturated heterocycles. The van der Waals surface area contributed by atoms with Gasteiger partial charge < -0.3 is 15.6 Å². The standard InChI is InChI=1S/C58H58N8O2S2/c1-3-36-11-4-5-13-38(35(36)2)29-60-42-21-24-49-51(28-42)70-56-53(49)58(68)66(34-63-56)32-40-19-22-47(46-18-9-8-17-45(40)46)54-61-30-43(64-54)25-26-59-41-20-23-48-50(27-41)69-55-52(48)57(67)65(33-62-55)31-39-15-10-14-37-12-6-7-16-44(37)39/h4-19,22,30,33-36,38,41-42,59-60H,3,20-21,23-29,31-32H2,1-2H3,(H,61,64). The number of thiophene rings is 2. The van der Waals surface area contributed by atoms with Crippen molar-refractivity contribution in [3.63, 3.8) is 0 Å². The van der Waals surface area contributed by atoms with E-state index in [-0.39, 0.29) is 11.1 Å². The van der Waals surface area contributed by atoms with Crippen LogP contribution in [-0.4, -0.2) is 54.2 Å². The second-order valence-electron chi connectivity index (χ2n) is 19.8. The topological polar surface area (TPSA) is 123 Å². The first kappa shape index (κ1) is 44.9. The first-order chi connectivity index (χ1) is 34.4. The van der Waals surface area contributed by atoms with Gasteiger partial charge in [0.25, 0.3) is 11.1 Å². The van der Waals surface area contributed by atoms with Crippen molar-refractivity contribution in [2.45, 2.75) is 90.4 Å². The molecule has 12 rings (SSSR count). The van der Waals surface area contributed by atoms with E-state index < -0.39 is 0 Å². The molecule has 0 fully saturated rings. The summed E-state index contributed by atoms with van der Waals surface area (Å²) in [6.07, 6.45) is 22.2. The summed E-state index contributed by atoms with van der Waals surface area (Å²) in [5, 5.41) is 13.9. The molecule has 3 aliphatic rings. The van der Waals surface area contributed by atoms with Crippen molar-refractivity contribution >= 4 is 64.7 Å². The van der Waals surface area contributed by atoms with Crippen molar-refractivity contribution in [1.82, 2.24) is 39.7 Å². The zero-order valence-electron chi connectivity index (χ0n) is 39.8. The van der Waals surface area contributed by atoms with Gasteiger partial charge in [0, 0.05) is 58.8 Å². The first-order valence-electron chi connectivity index (χ1n) is 25.2. The molecule has 10 nitrogen and oxygen atoms in total. The first-order valence-corrected chi connectivity index (χ1v) is 26.8. The highest BCUT2D eigenvalue weighted by Crippen LogP contribution is 2.37. The minimum Gasteiger partial charge on any atom is -0.342 e. The molecule has 354 valence electrons. The van der Waals surface area contributed by atoms with Crippen LogP contribution < -0.4 is 21.8 Å². The third-order valence-electron chi connectivity index (χ3n) is 15.7. The average Bonchev–Trinajstić information content (AvgIpc) is 4.09. The molecule has 5 aromatic heterocycles. The minimum atomic E-state index is 0.0502. The van der Waals surface area contributed by atoms with Crippen molar-refractivity contribution in [1.29, 1.82) is 0 Å². The lowest BCUT2D eigenvalue weighted by Crippen LogP contribution is -2.39. The van der Waals surface area contributed by atoms with E-state index in [0.29, 0.717) is 42.9 Å². The van der Waals surface area contributed by atoms with E-state index in [1.165, 1.54) is 38.1 Å². The molecular weight excluding hydrogens is 905 g/mol. The molecule has 0 spiro atoms. The van der Waals surface area contributed by atoms with Crippen LogP contribution in [0.25, 0.3) is 53.4 Å². The predicted octanol–water partition coefficient (Wildman–Crippen LogP) is 10.6. The van der Waals surface area contributed by atoms with E-state index in [4.69, 9.17) is 15.0 Å². The fourth-order valence-electron chi connectivity index (χ4n) is 11.7. The summed E-state index contributed by atoms with van der Waals surface area (Å²) < 4.78 is 3.57. The smallest absolute Gasteiger partial charge is 0.262 e. The lowest BCUT2D eigenvalue weighted by Gasteiger charge is -2.29. The molecular formula is C58H58N8O2S2. The summed E-state index contributed by atoms with van der Waals surface area (Å²) in [5.74, 6) is 2.56. The summed E-state index contributed by atoms with van der Waals surface area (Å²) in [7, 11) is 0. The number of H-pyrrole nitrogens is 1. The van der Waals surface area contributed by atoms with Crippen molar-refractivity contribution < 1.29 is 0 Å². The van der Waals surface area contributed by atoms with Crippen molar-refractivity contribution in [3.8, 4) is 11.4 Å². The maximum atomic E-state index is 14.3. The van der Waals surface area contributed by atoms with Crippen LogP contribution in [0.3, 0.4) is 0 Å². The number of aryl methyl sites for hydroxylation is 2. The van der Waals surface area contributed by atoms with Crippen LogP contribution in [0.1, 0.15) is 70.8 Å². The van der Waals surface area contributed by atoms with Crippen LogP contribution >= 0.6 is 22.7 Å². The SMILES string of the molecule is CCC1C=CC=CC(CNC2CCc3c(sc4ncn(Cc5ccc(-c6ncc(CCNC7CCc8c(sc9ncn(Cc%10cccc%11ccccc%10%11)c(=O)c89)C7)[nH]6)c6ccccc56)c(=O)c34)C2)C1C. The van der Waals surface area contributed by atoms with Crippen molar-refractivity contribution in [2.24, 2.45) is 17.8 Å². The van der Waals surface area contributed by atoms with Gasteiger partial charge in [-0.25, -0.2) is 15.0 Å². The van der Waals surface area contributed by atoms with Gasteiger partial charge >= 0.3 is 0 Å². The number of hydrogen-bond donors (Lipinski definition) is 3.